The van der Waals surface area contributed by atoms with Crippen LogP contribution in [0.2, 0.25) is 0 Å². The Morgan fingerprint density at radius 3 is 2.58 bits per heavy atom. The van der Waals surface area contributed by atoms with Crippen LogP contribution in [0.1, 0.15) is 11.8 Å². The molecule has 0 saturated carbocycles. The molecule has 1 aromatic rings. The van der Waals surface area contributed by atoms with Gasteiger partial charge < -0.3 is 24.4 Å². The fourth-order valence-corrected chi connectivity index (χ4v) is 5.48. The van der Waals surface area contributed by atoms with Crippen molar-refractivity contribution in [3.8, 4) is 0 Å². The van der Waals surface area contributed by atoms with Gasteiger partial charge in [-0.2, -0.15) is 0 Å². The zero-order valence-corrected chi connectivity index (χ0v) is 21.2. The Bertz CT molecular complexity index is 967. The van der Waals surface area contributed by atoms with Crippen molar-refractivity contribution in [1.82, 2.24) is 10.2 Å². The van der Waals surface area contributed by atoms with Gasteiger partial charge in [-0.05, 0) is 16.9 Å². The third-order valence-corrected chi connectivity index (χ3v) is 7.20. The van der Waals surface area contributed by atoms with Gasteiger partial charge in [0.25, 0.3) is 11.6 Å². The first-order valence-electron chi connectivity index (χ1n) is 9.41. The van der Waals surface area contributed by atoms with Crippen LogP contribution in [0.15, 0.2) is 28.5 Å². The van der Waals surface area contributed by atoms with Crippen molar-refractivity contribution in [2.45, 2.75) is 34.3 Å². The SMILES string of the molecule is COC1(NC(=O)Cc2cccs2)C(=O)N2C(C(=O)OCC(Cl)(Cl)Cl)C(COC(C)=O)=CS[C@@H]21. The molecule has 2 amide bonds. The maximum Gasteiger partial charge on any atom is 0.333 e. The summed E-state index contributed by atoms with van der Waals surface area (Å²) in [6.45, 7) is 0.404. The fraction of sp³-hybridized carbons (Fsp3) is 0.474. The molecule has 0 bridgehead atoms. The molecule has 1 aromatic heterocycles. The number of amides is 2. The summed E-state index contributed by atoms with van der Waals surface area (Å²) in [5.74, 6) is -2.53. The molecule has 1 saturated heterocycles. The quantitative estimate of drug-likeness (QED) is 0.225. The highest BCUT2D eigenvalue weighted by atomic mass is 35.6. The lowest BCUT2D eigenvalue weighted by molar-refractivity contribution is -0.202. The zero-order valence-electron chi connectivity index (χ0n) is 17.3. The lowest BCUT2D eigenvalue weighted by atomic mass is 9.94. The smallest absolute Gasteiger partial charge is 0.333 e. The van der Waals surface area contributed by atoms with Gasteiger partial charge in [-0.1, -0.05) is 40.9 Å². The molecule has 3 atom stereocenters. The summed E-state index contributed by atoms with van der Waals surface area (Å²) in [5, 5.41) is 5.27. The van der Waals surface area contributed by atoms with E-state index in [1.54, 1.807) is 11.5 Å². The van der Waals surface area contributed by atoms with Crippen molar-refractivity contribution in [2.75, 3.05) is 20.3 Å². The highest BCUT2D eigenvalue weighted by Gasteiger charge is 2.67. The van der Waals surface area contributed by atoms with Crippen LogP contribution in [0.3, 0.4) is 0 Å². The Hall–Kier alpha value is -1.50. The summed E-state index contributed by atoms with van der Waals surface area (Å²) in [6.07, 6.45) is 0.0652. The molecular formula is C19H19Cl3N2O7S2. The average Bonchev–Trinajstić information content (AvgIpc) is 3.25. The van der Waals surface area contributed by atoms with Gasteiger partial charge in [0, 0.05) is 24.5 Å². The Balaban J connectivity index is 1.82. The summed E-state index contributed by atoms with van der Waals surface area (Å²) in [5.41, 5.74) is -1.39. The number of fused-ring (bicyclic) bond motifs is 1. The Morgan fingerprint density at radius 2 is 2.00 bits per heavy atom. The van der Waals surface area contributed by atoms with E-state index in [0.29, 0.717) is 5.57 Å². The summed E-state index contributed by atoms with van der Waals surface area (Å²) in [7, 11) is 1.29. The first-order chi connectivity index (χ1) is 15.5. The van der Waals surface area contributed by atoms with Crippen molar-refractivity contribution < 1.29 is 33.4 Å². The topological polar surface area (TPSA) is 111 Å². The number of esters is 2. The molecule has 0 radical (unpaired) electrons. The summed E-state index contributed by atoms with van der Waals surface area (Å²) >= 11 is 19.5. The van der Waals surface area contributed by atoms with E-state index in [0.717, 1.165) is 16.6 Å². The molecule has 3 heterocycles. The number of thioether (sulfide) groups is 1. The molecule has 3 rings (SSSR count). The Labute approximate surface area is 212 Å². The number of thiophene rings is 1. The molecule has 2 unspecified atom stereocenters. The van der Waals surface area contributed by atoms with Gasteiger partial charge in [0.05, 0.1) is 6.42 Å². The van der Waals surface area contributed by atoms with Crippen LogP contribution >= 0.6 is 57.9 Å². The number of hydrogen-bond acceptors (Lipinski definition) is 9. The number of carbonyl (C=O) groups is 4. The van der Waals surface area contributed by atoms with Gasteiger partial charge in [-0.25, -0.2) is 4.79 Å². The molecule has 9 nitrogen and oxygen atoms in total. The maximum absolute atomic E-state index is 13.2. The number of halogens is 3. The minimum atomic E-state index is -1.86. The van der Waals surface area contributed by atoms with Crippen LogP contribution in [0.4, 0.5) is 0 Å². The lowest BCUT2D eigenvalue weighted by Gasteiger charge is -2.57. The van der Waals surface area contributed by atoms with Crippen LogP contribution in [-0.4, -0.2) is 69.9 Å². The second-order valence-electron chi connectivity index (χ2n) is 7.04. The number of alkyl halides is 3. The third kappa shape index (κ3) is 5.77. The molecule has 14 heteroatoms. The molecular weight excluding hydrogens is 539 g/mol. The standard InChI is InChI=1S/C19H19Cl3N2O7S2/c1-10(25)30-7-11-8-33-17-19(29-2,23-13(26)6-12-4-3-5-32-12)16(28)24(17)14(11)15(27)31-9-18(20,21)22/h3-5,8,14,17H,6-7,9H2,1-2H3,(H,23,26)/t14?,17-,19?/m1/s1. The van der Waals surface area contributed by atoms with E-state index in [2.05, 4.69) is 5.32 Å². The van der Waals surface area contributed by atoms with Gasteiger partial charge in [-0.15, -0.1) is 23.1 Å². The van der Waals surface area contributed by atoms with Crippen molar-refractivity contribution >= 4 is 81.7 Å². The van der Waals surface area contributed by atoms with Gasteiger partial charge in [0.1, 0.15) is 18.6 Å². The van der Waals surface area contributed by atoms with E-state index in [1.165, 1.54) is 30.3 Å². The van der Waals surface area contributed by atoms with Gasteiger partial charge in [-0.3, -0.25) is 14.4 Å². The number of hydrogen-bond donors (Lipinski definition) is 1. The molecule has 2 aliphatic rings. The highest BCUT2D eigenvalue weighted by molar-refractivity contribution is 8.03. The molecule has 0 aliphatic carbocycles. The normalized spacial score (nSPS) is 24.3. The monoisotopic (exact) mass is 556 g/mol. The van der Waals surface area contributed by atoms with Crippen LogP contribution in [0.5, 0.6) is 0 Å². The molecule has 180 valence electrons. The molecule has 0 spiro atoms. The predicted octanol–water partition coefficient (Wildman–Crippen LogP) is 2.39. The van der Waals surface area contributed by atoms with Crippen LogP contribution in [-0.2, 0) is 39.8 Å². The van der Waals surface area contributed by atoms with E-state index >= 15 is 0 Å². The van der Waals surface area contributed by atoms with Crippen molar-refractivity contribution in [3.05, 3.63) is 33.4 Å². The molecule has 0 aromatic carbocycles. The van der Waals surface area contributed by atoms with Crippen LogP contribution < -0.4 is 5.32 Å². The van der Waals surface area contributed by atoms with E-state index in [1.807, 2.05) is 11.4 Å². The first kappa shape index (κ1) is 26.1. The number of carbonyl (C=O) groups excluding carboxylic acids is 4. The van der Waals surface area contributed by atoms with Gasteiger partial charge >= 0.3 is 11.9 Å². The fourth-order valence-electron chi connectivity index (χ4n) is 3.31. The Kier molecular flexibility index (Phi) is 8.24. The second kappa shape index (κ2) is 10.4. The third-order valence-electron chi connectivity index (χ3n) is 4.74. The van der Waals surface area contributed by atoms with Crippen LogP contribution in [0, 0.1) is 0 Å². The predicted molar refractivity (Wildman–Crippen MR) is 124 cm³/mol. The molecule has 1 N–H and O–H groups in total. The number of β-lactam (4-membered cyclic amide) rings is 1. The molecule has 1 fully saturated rings. The summed E-state index contributed by atoms with van der Waals surface area (Å²) < 4.78 is 13.7. The summed E-state index contributed by atoms with van der Waals surface area (Å²) in [4.78, 5) is 52.0. The van der Waals surface area contributed by atoms with Crippen molar-refractivity contribution in [3.63, 3.8) is 0 Å². The van der Waals surface area contributed by atoms with Crippen molar-refractivity contribution in [2.24, 2.45) is 0 Å². The Morgan fingerprint density at radius 1 is 1.27 bits per heavy atom. The van der Waals surface area contributed by atoms with E-state index in [9.17, 15) is 19.2 Å². The van der Waals surface area contributed by atoms with E-state index in [4.69, 9.17) is 49.0 Å². The first-order valence-corrected chi connectivity index (χ1v) is 12.4. The molecule has 2 aliphatic heterocycles. The highest BCUT2D eigenvalue weighted by Crippen LogP contribution is 2.46. The van der Waals surface area contributed by atoms with Crippen molar-refractivity contribution in [1.29, 1.82) is 0 Å². The average molecular weight is 558 g/mol. The number of nitrogens with one attached hydrogen (secondary N) is 1. The van der Waals surface area contributed by atoms with E-state index < -0.39 is 51.3 Å². The van der Waals surface area contributed by atoms with Gasteiger partial charge in [0.15, 0.2) is 6.04 Å². The van der Waals surface area contributed by atoms with Crippen LogP contribution in [0.25, 0.3) is 0 Å². The minimum Gasteiger partial charge on any atom is -0.461 e. The molecule has 33 heavy (non-hydrogen) atoms. The number of methoxy groups -OCH3 is 1. The number of ether oxygens (including phenoxy) is 3. The lowest BCUT2D eigenvalue weighted by Crippen LogP contribution is -2.83. The number of rotatable bonds is 8. The maximum atomic E-state index is 13.2. The zero-order chi connectivity index (χ0) is 24.4. The summed E-state index contributed by atoms with van der Waals surface area (Å²) in [6, 6.07) is 2.36. The minimum absolute atomic E-state index is 0.0652. The van der Waals surface area contributed by atoms with Gasteiger partial charge in [0.2, 0.25) is 9.70 Å². The van der Waals surface area contributed by atoms with E-state index in [-0.39, 0.29) is 13.0 Å². The second-order valence-corrected chi connectivity index (χ2v) is 11.5. The number of nitrogens with zero attached hydrogens (tertiary/aromatic N) is 1. The largest absolute Gasteiger partial charge is 0.461 e.